The van der Waals surface area contributed by atoms with Crippen LogP contribution in [0.4, 0.5) is 24.9 Å². The van der Waals surface area contributed by atoms with Gasteiger partial charge in [0, 0.05) is 37.0 Å². The molecule has 4 N–H and O–H groups in total. The molecule has 1 fully saturated rings. The van der Waals surface area contributed by atoms with Gasteiger partial charge in [0.15, 0.2) is 12.3 Å². The van der Waals surface area contributed by atoms with Crippen LogP contribution in [0, 0.1) is 6.92 Å². The largest absolute Gasteiger partial charge is 0.468 e. The van der Waals surface area contributed by atoms with Crippen molar-refractivity contribution >= 4 is 17.7 Å². The number of nitrogens with one attached hydrogen (secondary N) is 4. The van der Waals surface area contributed by atoms with Crippen molar-refractivity contribution in [2.75, 3.05) is 24.3 Å². The van der Waals surface area contributed by atoms with Gasteiger partial charge in [0.25, 0.3) is 5.91 Å². The van der Waals surface area contributed by atoms with Crippen molar-refractivity contribution in [2.45, 2.75) is 50.9 Å². The van der Waals surface area contributed by atoms with Gasteiger partial charge < -0.3 is 20.7 Å². The Morgan fingerprint density at radius 1 is 1.27 bits per heavy atom. The van der Waals surface area contributed by atoms with Crippen LogP contribution in [0.5, 0.6) is 5.88 Å². The Morgan fingerprint density at radius 3 is 2.60 bits per heavy atom. The molecule has 0 unspecified atom stereocenters. The second-order valence-electron chi connectivity index (χ2n) is 7.14. The summed E-state index contributed by atoms with van der Waals surface area (Å²) >= 11 is 0. The van der Waals surface area contributed by atoms with Gasteiger partial charge in [-0.2, -0.15) is 23.3 Å². The number of hydrogen-bond acceptors (Lipinski definition) is 7. The first kappa shape index (κ1) is 21.7. The second kappa shape index (κ2) is 9.18. The van der Waals surface area contributed by atoms with E-state index in [0.29, 0.717) is 5.95 Å². The highest BCUT2D eigenvalue weighted by molar-refractivity contribution is 5.77. The summed E-state index contributed by atoms with van der Waals surface area (Å²) in [4.78, 5) is 20.7. The fourth-order valence-corrected chi connectivity index (χ4v) is 3.27. The Morgan fingerprint density at radius 2 is 1.97 bits per heavy atom. The van der Waals surface area contributed by atoms with Gasteiger partial charge in [-0.1, -0.05) is 0 Å². The molecule has 1 aliphatic rings. The zero-order valence-corrected chi connectivity index (χ0v) is 16.6. The summed E-state index contributed by atoms with van der Waals surface area (Å²) in [6, 6.07) is 0.905. The summed E-state index contributed by atoms with van der Waals surface area (Å²) in [6.07, 6.45) is 0.364. The number of alkyl halides is 3. The molecule has 0 atom stereocenters. The van der Waals surface area contributed by atoms with Crippen LogP contribution in [-0.2, 0) is 11.0 Å². The molecular weight excluding hydrogens is 403 g/mol. The second-order valence-corrected chi connectivity index (χ2v) is 7.14. The number of amides is 1. The van der Waals surface area contributed by atoms with Gasteiger partial charge in [0.2, 0.25) is 11.8 Å². The van der Waals surface area contributed by atoms with Crippen molar-refractivity contribution in [3.63, 3.8) is 0 Å². The number of aromatic amines is 1. The lowest BCUT2D eigenvalue weighted by atomic mass is 9.91. The summed E-state index contributed by atoms with van der Waals surface area (Å²) in [5, 5.41) is 14.4. The molecule has 0 aromatic carbocycles. The topological polar surface area (TPSA) is 117 Å². The molecule has 0 spiro atoms. The maximum atomic E-state index is 12.5. The van der Waals surface area contributed by atoms with Crippen LogP contribution >= 0.6 is 0 Å². The predicted octanol–water partition coefficient (Wildman–Crippen LogP) is 2.49. The summed E-state index contributed by atoms with van der Waals surface area (Å²) in [6.45, 7) is 1.54. The Bertz CT molecular complexity index is 864. The minimum atomic E-state index is -4.56. The van der Waals surface area contributed by atoms with Gasteiger partial charge in [-0.15, -0.1) is 0 Å². The molecule has 12 heteroatoms. The fourth-order valence-electron chi connectivity index (χ4n) is 3.27. The summed E-state index contributed by atoms with van der Waals surface area (Å²) in [5.41, 5.74) is -0.135. The average molecular weight is 427 g/mol. The van der Waals surface area contributed by atoms with E-state index in [0.717, 1.165) is 43.1 Å². The van der Waals surface area contributed by atoms with Crippen LogP contribution in [-0.4, -0.2) is 51.8 Å². The van der Waals surface area contributed by atoms with E-state index in [4.69, 9.17) is 4.74 Å². The van der Waals surface area contributed by atoms with Crippen LogP contribution in [0.3, 0.4) is 0 Å². The number of rotatable bonds is 7. The summed E-state index contributed by atoms with van der Waals surface area (Å²) < 4.78 is 42.6. The molecule has 164 valence electrons. The first-order valence-corrected chi connectivity index (χ1v) is 9.57. The number of anilines is 2. The van der Waals surface area contributed by atoms with Crippen molar-refractivity contribution in [1.82, 2.24) is 25.5 Å². The van der Waals surface area contributed by atoms with E-state index in [9.17, 15) is 18.0 Å². The predicted molar refractivity (Wildman–Crippen MR) is 103 cm³/mol. The normalized spacial score (nSPS) is 19.2. The number of aryl methyl sites for hydroxylation is 1. The van der Waals surface area contributed by atoms with E-state index in [-0.39, 0.29) is 24.6 Å². The molecule has 0 aliphatic heterocycles. The van der Waals surface area contributed by atoms with Crippen LogP contribution in [0.1, 0.15) is 36.9 Å². The molecule has 9 nitrogen and oxygen atoms in total. The average Bonchev–Trinajstić information content (AvgIpc) is 3.19. The molecule has 0 radical (unpaired) electrons. The molecule has 0 bridgehead atoms. The standard InChI is InChI=1S/C18H24F3N7O2/c1-10-8-23-17(26-16(10)22-2)25-12-5-3-11(4-6-12)24-14(29)9-30-15-7-13(27-28-15)18(19,20)21/h7-8,11-12H,3-6,9H2,1-2H3,(H,24,29)(H,27,28)(H2,22,23,25,26)/t11-,12+. The molecule has 1 saturated carbocycles. The van der Waals surface area contributed by atoms with Crippen molar-refractivity contribution in [1.29, 1.82) is 0 Å². The Hall–Kier alpha value is -3.05. The number of H-pyrrole nitrogens is 1. The molecule has 1 aliphatic carbocycles. The van der Waals surface area contributed by atoms with E-state index >= 15 is 0 Å². The number of nitrogens with zero attached hydrogens (tertiary/aromatic N) is 3. The number of hydrogen-bond donors (Lipinski definition) is 4. The van der Waals surface area contributed by atoms with E-state index in [2.05, 4.69) is 36.1 Å². The zero-order chi connectivity index (χ0) is 21.7. The van der Waals surface area contributed by atoms with Crippen LogP contribution in [0.25, 0.3) is 0 Å². The third-order valence-electron chi connectivity index (χ3n) is 4.84. The molecule has 3 rings (SSSR count). The minimum Gasteiger partial charge on any atom is -0.468 e. The minimum absolute atomic E-state index is 0.0153. The lowest BCUT2D eigenvalue weighted by molar-refractivity contribution is -0.141. The number of aromatic nitrogens is 4. The van der Waals surface area contributed by atoms with E-state index in [1.807, 2.05) is 6.92 Å². The van der Waals surface area contributed by atoms with Gasteiger partial charge >= 0.3 is 6.18 Å². The smallest absolute Gasteiger partial charge is 0.435 e. The molecule has 30 heavy (non-hydrogen) atoms. The number of halogens is 3. The third kappa shape index (κ3) is 5.74. The molecule has 0 saturated heterocycles. The first-order chi connectivity index (χ1) is 14.2. The van der Waals surface area contributed by atoms with Gasteiger partial charge in [0.05, 0.1) is 0 Å². The highest BCUT2D eigenvalue weighted by Gasteiger charge is 2.34. The number of carbonyl (C=O) groups excluding carboxylic acids is 1. The zero-order valence-electron chi connectivity index (χ0n) is 16.6. The van der Waals surface area contributed by atoms with Crippen LogP contribution < -0.4 is 20.7 Å². The SMILES string of the molecule is CNc1nc(N[C@H]2CC[C@@H](NC(=O)COc3cc(C(F)(F)F)n[nH]3)CC2)ncc1C. The molecule has 2 aromatic rings. The Kier molecular flexibility index (Phi) is 6.63. The van der Waals surface area contributed by atoms with Crippen LogP contribution in [0.15, 0.2) is 12.3 Å². The molecular formula is C18H24F3N7O2. The summed E-state index contributed by atoms with van der Waals surface area (Å²) in [7, 11) is 1.80. The molecule has 1 amide bonds. The highest BCUT2D eigenvalue weighted by atomic mass is 19.4. The molecule has 2 heterocycles. The Labute approximate surface area is 171 Å². The lowest BCUT2D eigenvalue weighted by Gasteiger charge is -2.29. The van der Waals surface area contributed by atoms with Crippen molar-refractivity contribution in [3.05, 3.63) is 23.5 Å². The monoisotopic (exact) mass is 427 g/mol. The van der Waals surface area contributed by atoms with Gasteiger partial charge in [0.1, 0.15) is 5.82 Å². The van der Waals surface area contributed by atoms with Crippen molar-refractivity contribution < 1.29 is 22.7 Å². The highest BCUT2D eigenvalue weighted by Crippen LogP contribution is 2.29. The molecule has 2 aromatic heterocycles. The van der Waals surface area contributed by atoms with Gasteiger partial charge in [-0.25, -0.2) is 10.1 Å². The fraction of sp³-hybridized carbons (Fsp3) is 0.556. The van der Waals surface area contributed by atoms with Gasteiger partial charge in [-0.3, -0.25) is 4.79 Å². The van der Waals surface area contributed by atoms with Crippen molar-refractivity contribution in [2.24, 2.45) is 0 Å². The Balaban J connectivity index is 1.40. The quantitative estimate of drug-likeness (QED) is 0.536. The maximum Gasteiger partial charge on any atom is 0.435 e. The number of carbonyl (C=O) groups is 1. The summed E-state index contributed by atoms with van der Waals surface area (Å²) in [5.74, 6) is 0.733. The van der Waals surface area contributed by atoms with Gasteiger partial charge in [-0.05, 0) is 32.6 Å². The van der Waals surface area contributed by atoms with E-state index in [1.165, 1.54) is 0 Å². The van der Waals surface area contributed by atoms with Crippen molar-refractivity contribution in [3.8, 4) is 5.88 Å². The van der Waals surface area contributed by atoms with Crippen LogP contribution in [0.2, 0.25) is 0 Å². The van der Waals surface area contributed by atoms with E-state index in [1.54, 1.807) is 13.2 Å². The van der Waals surface area contributed by atoms with E-state index < -0.39 is 17.8 Å². The lowest BCUT2D eigenvalue weighted by Crippen LogP contribution is -2.42. The number of ether oxygens (including phenoxy) is 1. The maximum absolute atomic E-state index is 12.5. The third-order valence-corrected chi connectivity index (χ3v) is 4.84. The first-order valence-electron chi connectivity index (χ1n) is 9.57.